The summed E-state index contributed by atoms with van der Waals surface area (Å²) >= 11 is 5.88. The van der Waals surface area contributed by atoms with Crippen LogP contribution in [-0.2, 0) is 15.0 Å². The molecule has 6 heteroatoms. The summed E-state index contributed by atoms with van der Waals surface area (Å²) < 4.78 is 14.4. The third-order valence-electron chi connectivity index (χ3n) is 5.22. The molecule has 1 heterocycles. The Hall–Kier alpha value is -1.62. The molecule has 0 bridgehead atoms. The monoisotopic (exact) mass is 339 g/mol. The van der Waals surface area contributed by atoms with Crippen LogP contribution < -0.4 is 0 Å². The van der Waals surface area contributed by atoms with Crippen LogP contribution in [0, 0.1) is 11.7 Å². The zero-order chi connectivity index (χ0) is 16.6. The van der Waals surface area contributed by atoms with E-state index in [1.54, 1.807) is 17.0 Å². The number of amides is 1. The Morgan fingerprint density at radius 1 is 1.26 bits per heavy atom. The highest BCUT2D eigenvalue weighted by Crippen LogP contribution is 2.47. The fourth-order valence-corrected chi connectivity index (χ4v) is 3.81. The van der Waals surface area contributed by atoms with E-state index in [2.05, 4.69) is 0 Å². The number of hydrogen-bond donors (Lipinski definition) is 1. The van der Waals surface area contributed by atoms with Crippen molar-refractivity contribution < 1.29 is 19.1 Å². The van der Waals surface area contributed by atoms with Crippen molar-refractivity contribution in [2.45, 2.75) is 37.5 Å². The fraction of sp³-hybridized carbons (Fsp3) is 0.529. The number of halogens is 2. The largest absolute Gasteiger partial charge is 0.481 e. The Kier molecular flexibility index (Phi) is 4.32. The first-order valence-corrected chi connectivity index (χ1v) is 8.30. The molecule has 4 nitrogen and oxygen atoms in total. The van der Waals surface area contributed by atoms with Crippen LogP contribution in [0.15, 0.2) is 18.2 Å². The first kappa shape index (κ1) is 16.2. The Bertz CT molecular complexity index is 637. The molecule has 0 unspecified atom stereocenters. The summed E-state index contributed by atoms with van der Waals surface area (Å²) in [6.45, 7) is 0.833. The number of piperidine rings is 1. The van der Waals surface area contributed by atoms with E-state index in [-0.39, 0.29) is 16.8 Å². The second kappa shape index (κ2) is 6.11. The molecule has 1 N–H and O–H groups in total. The third-order valence-corrected chi connectivity index (χ3v) is 5.51. The number of rotatable bonds is 3. The van der Waals surface area contributed by atoms with Crippen molar-refractivity contribution in [1.82, 2.24) is 4.90 Å². The molecule has 2 fully saturated rings. The van der Waals surface area contributed by atoms with Crippen LogP contribution in [-0.4, -0.2) is 35.0 Å². The van der Waals surface area contributed by atoms with E-state index in [0.717, 1.165) is 6.42 Å². The molecule has 0 radical (unpaired) electrons. The van der Waals surface area contributed by atoms with Gasteiger partial charge in [-0.3, -0.25) is 9.59 Å². The van der Waals surface area contributed by atoms with Gasteiger partial charge in [-0.25, -0.2) is 4.39 Å². The zero-order valence-electron chi connectivity index (χ0n) is 12.7. The normalized spacial score (nSPS) is 20.9. The van der Waals surface area contributed by atoms with Gasteiger partial charge in [-0.15, -0.1) is 0 Å². The Morgan fingerprint density at radius 2 is 1.91 bits per heavy atom. The molecular weight excluding hydrogens is 321 g/mol. The lowest BCUT2D eigenvalue weighted by molar-refractivity contribution is -0.148. The van der Waals surface area contributed by atoms with Crippen LogP contribution in [0.5, 0.6) is 0 Å². The summed E-state index contributed by atoms with van der Waals surface area (Å²) in [6.07, 6.45) is 3.01. The van der Waals surface area contributed by atoms with Crippen LogP contribution in [0.4, 0.5) is 4.39 Å². The fourth-order valence-electron chi connectivity index (χ4n) is 3.63. The first-order valence-electron chi connectivity index (χ1n) is 7.92. The Labute approximate surface area is 139 Å². The van der Waals surface area contributed by atoms with Crippen molar-refractivity contribution >= 4 is 23.5 Å². The van der Waals surface area contributed by atoms with E-state index < -0.39 is 17.2 Å². The minimum atomic E-state index is -0.828. The van der Waals surface area contributed by atoms with E-state index in [9.17, 15) is 14.0 Å². The summed E-state index contributed by atoms with van der Waals surface area (Å²) in [7, 11) is 0. The molecule has 23 heavy (non-hydrogen) atoms. The maximum absolute atomic E-state index is 14.4. The molecule has 1 amide bonds. The lowest BCUT2D eigenvalue weighted by Crippen LogP contribution is -2.53. The lowest BCUT2D eigenvalue weighted by Gasteiger charge is -2.45. The van der Waals surface area contributed by atoms with E-state index in [1.807, 2.05) is 0 Å². The minimum Gasteiger partial charge on any atom is -0.481 e. The van der Waals surface area contributed by atoms with Crippen LogP contribution in [0.3, 0.4) is 0 Å². The van der Waals surface area contributed by atoms with Crippen LogP contribution >= 0.6 is 11.6 Å². The summed E-state index contributed by atoms with van der Waals surface area (Å²) in [4.78, 5) is 25.7. The van der Waals surface area contributed by atoms with Crippen LogP contribution in [0.2, 0.25) is 5.02 Å². The lowest BCUT2D eigenvalue weighted by atomic mass is 9.63. The van der Waals surface area contributed by atoms with Crippen molar-refractivity contribution in [3.05, 3.63) is 34.6 Å². The average molecular weight is 340 g/mol. The van der Waals surface area contributed by atoms with Gasteiger partial charge >= 0.3 is 5.97 Å². The van der Waals surface area contributed by atoms with Gasteiger partial charge < -0.3 is 10.0 Å². The predicted octanol–water partition coefficient (Wildman–Crippen LogP) is 3.22. The number of aliphatic carboxylic acids is 1. The SMILES string of the molecule is O=C(O)C1CCN(C(=O)C2(c3cccc(Cl)c3F)CCC2)CC1. The molecule has 1 aromatic rings. The van der Waals surface area contributed by atoms with Crippen molar-refractivity contribution in [2.75, 3.05) is 13.1 Å². The quantitative estimate of drug-likeness (QED) is 0.919. The Balaban J connectivity index is 1.82. The van der Waals surface area contributed by atoms with Gasteiger partial charge in [-0.2, -0.15) is 0 Å². The first-order chi connectivity index (χ1) is 11.0. The highest BCUT2D eigenvalue weighted by molar-refractivity contribution is 6.30. The number of benzene rings is 1. The van der Waals surface area contributed by atoms with Crippen LogP contribution in [0.1, 0.15) is 37.7 Å². The minimum absolute atomic E-state index is 0.0335. The number of carbonyl (C=O) groups is 2. The molecule has 124 valence electrons. The highest BCUT2D eigenvalue weighted by atomic mass is 35.5. The van der Waals surface area contributed by atoms with Crippen molar-refractivity contribution in [3.8, 4) is 0 Å². The number of likely N-dealkylation sites (tertiary alicyclic amines) is 1. The van der Waals surface area contributed by atoms with Gasteiger partial charge in [0.1, 0.15) is 5.82 Å². The molecule has 2 aliphatic rings. The number of carbonyl (C=O) groups excluding carboxylic acids is 1. The molecule has 0 aromatic heterocycles. The van der Waals surface area contributed by atoms with Gasteiger partial charge in [0.25, 0.3) is 0 Å². The summed E-state index contributed by atoms with van der Waals surface area (Å²) in [6, 6.07) is 4.79. The second-order valence-corrected chi connectivity index (χ2v) is 6.85. The van der Waals surface area contributed by atoms with Crippen molar-refractivity contribution in [3.63, 3.8) is 0 Å². The van der Waals surface area contributed by atoms with Gasteiger partial charge in [0.05, 0.1) is 16.4 Å². The maximum atomic E-state index is 14.4. The van der Waals surface area contributed by atoms with Gasteiger partial charge in [0, 0.05) is 18.7 Å². The molecule has 1 aliphatic carbocycles. The van der Waals surface area contributed by atoms with Crippen molar-refractivity contribution in [1.29, 1.82) is 0 Å². The topological polar surface area (TPSA) is 57.6 Å². The van der Waals surface area contributed by atoms with Crippen molar-refractivity contribution in [2.24, 2.45) is 5.92 Å². The smallest absolute Gasteiger partial charge is 0.306 e. The molecule has 1 saturated heterocycles. The van der Waals surface area contributed by atoms with E-state index in [4.69, 9.17) is 16.7 Å². The Morgan fingerprint density at radius 3 is 2.43 bits per heavy atom. The molecule has 0 atom stereocenters. The average Bonchev–Trinajstić information content (AvgIpc) is 2.50. The number of nitrogens with zero attached hydrogens (tertiary/aromatic N) is 1. The second-order valence-electron chi connectivity index (χ2n) is 6.44. The van der Waals surface area contributed by atoms with Gasteiger partial charge in [0.2, 0.25) is 5.91 Å². The third kappa shape index (κ3) is 2.71. The van der Waals surface area contributed by atoms with E-state index in [1.165, 1.54) is 6.07 Å². The predicted molar refractivity (Wildman–Crippen MR) is 83.9 cm³/mol. The van der Waals surface area contributed by atoms with E-state index in [0.29, 0.717) is 44.3 Å². The molecule has 1 aliphatic heterocycles. The van der Waals surface area contributed by atoms with Crippen LogP contribution in [0.25, 0.3) is 0 Å². The summed E-state index contributed by atoms with van der Waals surface area (Å²) in [5.41, 5.74) is -0.452. The standard InChI is InChI=1S/C17H19ClFNO3/c18-13-4-1-3-12(14(13)19)17(7-2-8-17)16(23)20-9-5-11(6-10-20)15(21)22/h1,3-4,11H,2,5-10H2,(H,21,22). The number of carboxylic acid groups (broad SMARTS) is 1. The molecule has 1 saturated carbocycles. The van der Waals surface area contributed by atoms with E-state index >= 15 is 0 Å². The van der Waals surface area contributed by atoms with Gasteiger partial charge in [-0.05, 0) is 31.7 Å². The summed E-state index contributed by atoms with van der Waals surface area (Å²) in [5.74, 6) is -1.80. The molecule has 3 rings (SSSR count). The van der Waals surface area contributed by atoms with Gasteiger partial charge in [0.15, 0.2) is 0 Å². The van der Waals surface area contributed by atoms with Gasteiger partial charge in [-0.1, -0.05) is 30.2 Å². The molecular formula is C17H19ClFNO3. The number of carboxylic acids is 1. The molecule has 1 aromatic carbocycles. The molecule has 0 spiro atoms. The zero-order valence-corrected chi connectivity index (χ0v) is 13.5. The maximum Gasteiger partial charge on any atom is 0.306 e. The number of hydrogen-bond acceptors (Lipinski definition) is 2. The highest BCUT2D eigenvalue weighted by Gasteiger charge is 2.49. The summed E-state index contributed by atoms with van der Waals surface area (Å²) in [5, 5.41) is 9.09.